The molecule has 2 aromatic heterocycles. The highest BCUT2D eigenvalue weighted by atomic mass is 19.1. The first-order valence-electron chi connectivity index (χ1n) is 7.47. The number of amides is 1. The maximum absolute atomic E-state index is 13.6. The molecule has 1 unspecified atom stereocenters. The van der Waals surface area contributed by atoms with E-state index in [1.165, 1.54) is 19.4 Å². The van der Waals surface area contributed by atoms with E-state index in [1.54, 1.807) is 0 Å². The van der Waals surface area contributed by atoms with Crippen LogP contribution in [0.2, 0.25) is 0 Å². The Bertz CT molecular complexity index is 762. The molecule has 0 aromatic carbocycles. The van der Waals surface area contributed by atoms with Crippen molar-refractivity contribution < 1.29 is 27.8 Å². The zero-order chi connectivity index (χ0) is 17.8. The van der Waals surface area contributed by atoms with Crippen molar-refractivity contribution in [2.24, 2.45) is 0 Å². The number of aromatic nitrogens is 2. The van der Waals surface area contributed by atoms with Gasteiger partial charge >= 0.3 is 0 Å². The van der Waals surface area contributed by atoms with Crippen LogP contribution in [0.4, 0.5) is 14.5 Å². The zero-order valence-electron chi connectivity index (χ0n) is 13.3. The fraction of sp³-hybridized carbons (Fsp3) is 0.312. The Balaban J connectivity index is 1.82. The Labute approximate surface area is 141 Å². The third-order valence-electron chi connectivity index (χ3n) is 3.55. The molecule has 1 fully saturated rings. The molecule has 25 heavy (non-hydrogen) atoms. The van der Waals surface area contributed by atoms with E-state index in [1.807, 2.05) is 0 Å². The second-order valence-corrected chi connectivity index (χ2v) is 5.27. The number of hydrogen-bond acceptors (Lipinski definition) is 6. The molecule has 1 atom stereocenters. The van der Waals surface area contributed by atoms with Gasteiger partial charge in [0.1, 0.15) is 11.8 Å². The number of nitrogens with zero attached hydrogens (tertiary/aromatic N) is 2. The van der Waals surface area contributed by atoms with Gasteiger partial charge in [0.15, 0.2) is 17.4 Å². The lowest BCUT2D eigenvalue weighted by atomic mass is 10.2. The summed E-state index contributed by atoms with van der Waals surface area (Å²) in [6.07, 6.45) is 3.36. The highest BCUT2D eigenvalue weighted by Gasteiger charge is 2.21. The number of rotatable bonds is 5. The summed E-state index contributed by atoms with van der Waals surface area (Å²) in [6, 6.07) is 1.40. The number of carbonyl (C=O) groups is 1. The normalized spacial score (nSPS) is 16.5. The first-order valence-corrected chi connectivity index (χ1v) is 7.47. The van der Waals surface area contributed by atoms with Crippen LogP contribution in [0.5, 0.6) is 11.6 Å². The number of anilines is 1. The standard InChI is InChI=1S/C16H15F2N3O4/c1-23-16-13(25-10-2-3-24-8-10)4-9(5-20-16)15(22)21-14-11(17)6-19-7-12(14)18/h4-7,10H,2-3,8H2,1H3,(H,19,21,22). The lowest BCUT2D eigenvalue weighted by Crippen LogP contribution is -2.18. The lowest BCUT2D eigenvalue weighted by molar-refractivity contribution is 0.102. The van der Waals surface area contributed by atoms with Gasteiger partial charge in [-0.2, -0.15) is 0 Å². The molecule has 2 aromatic rings. The van der Waals surface area contributed by atoms with Crippen LogP contribution in [0.3, 0.4) is 0 Å². The Morgan fingerprint density at radius 1 is 1.32 bits per heavy atom. The van der Waals surface area contributed by atoms with Crippen LogP contribution in [0.25, 0.3) is 0 Å². The quantitative estimate of drug-likeness (QED) is 0.889. The fourth-order valence-corrected chi connectivity index (χ4v) is 2.30. The minimum atomic E-state index is -0.977. The molecule has 0 bridgehead atoms. The maximum atomic E-state index is 13.6. The Morgan fingerprint density at radius 2 is 2.08 bits per heavy atom. The van der Waals surface area contributed by atoms with Crippen molar-refractivity contribution in [2.45, 2.75) is 12.5 Å². The van der Waals surface area contributed by atoms with Crippen molar-refractivity contribution in [1.82, 2.24) is 9.97 Å². The van der Waals surface area contributed by atoms with Gasteiger partial charge in [-0.3, -0.25) is 9.78 Å². The number of carbonyl (C=O) groups excluding carboxylic acids is 1. The van der Waals surface area contributed by atoms with Crippen molar-refractivity contribution in [3.8, 4) is 11.6 Å². The van der Waals surface area contributed by atoms with E-state index < -0.39 is 23.2 Å². The number of hydrogen-bond donors (Lipinski definition) is 1. The Kier molecular flexibility index (Phi) is 5.03. The van der Waals surface area contributed by atoms with Gasteiger partial charge in [0.25, 0.3) is 11.8 Å². The second-order valence-electron chi connectivity index (χ2n) is 5.27. The van der Waals surface area contributed by atoms with Crippen LogP contribution in [0, 0.1) is 11.6 Å². The molecule has 1 aliphatic heterocycles. The number of halogens is 2. The summed E-state index contributed by atoms with van der Waals surface area (Å²) in [6.45, 7) is 1.01. The molecular formula is C16H15F2N3O4. The van der Waals surface area contributed by atoms with E-state index in [4.69, 9.17) is 14.2 Å². The van der Waals surface area contributed by atoms with E-state index in [2.05, 4.69) is 15.3 Å². The van der Waals surface area contributed by atoms with Gasteiger partial charge in [-0.1, -0.05) is 0 Å². The topological polar surface area (TPSA) is 82.6 Å². The monoisotopic (exact) mass is 351 g/mol. The van der Waals surface area contributed by atoms with Crippen molar-refractivity contribution in [3.63, 3.8) is 0 Å². The minimum absolute atomic E-state index is 0.0605. The van der Waals surface area contributed by atoms with E-state index in [-0.39, 0.29) is 23.3 Å². The summed E-state index contributed by atoms with van der Waals surface area (Å²) in [7, 11) is 1.42. The van der Waals surface area contributed by atoms with E-state index in [0.717, 1.165) is 12.4 Å². The average molecular weight is 351 g/mol. The molecule has 1 saturated heterocycles. The predicted molar refractivity (Wildman–Crippen MR) is 82.7 cm³/mol. The van der Waals surface area contributed by atoms with Crippen LogP contribution >= 0.6 is 0 Å². The molecule has 9 heteroatoms. The van der Waals surface area contributed by atoms with E-state index in [0.29, 0.717) is 19.6 Å². The molecule has 3 rings (SSSR count). The van der Waals surface area contributed by atoms with Crippen molar-refractivity contribution in [2.75, 3.05) is 25.6 Å². The van der Waals surface area contributed by atoms with E-state index >= 15 is 0 Å². The van der Waals surface area contributed by atoms with Gasteiger partial charge in [-0.15, -0.1) is 0 Å². The highest BCUT2D eigenvalue weighted by molar-refractivity contribution is 6.04. The SMILES string of the molecule is COc1ncc(C(=O)Nc2c(F)cncc2F)cc1OC1CCOC1. The van der Waals surface area contributed by atoms with Gasteiger partial charge in [0.05, 0.1) is 38.3 Å². The van der Waals surface area contributed by atoms with Gasteiger partial charge in [0, 0.05) is 18.7 Å². The molecule has 0 aliphatic carbocycles. The summed E-state index contributed by atoms with van der Waals surface area (Å²) in [5.74, 6) is -2.25. The summed E-state index contributed by atoms with van der Waals surface area (Å²) in [5.41, 5.74) is -0.521. The van der Waals surface area contributed by atoms with Crippen LogP contribution in [-0.4, -0.2) is 42.3 Å². The van der Waals surface area contributed by atoms with Gasteiger partial charge < -0.3 is 19.5 Å². The first-order chi connectivity index (χ1) is 12.1. The van der Waals surface area contributed by atoms with Crippen molar-refractivity contribution in [3.05, 3.63) is 41.9 Å². The molecule has 1 N–H and O–H groups in total. The second kappa shape index (κ2) is 7.39. The molecular weight excluding hydrogens is 336 g/mol. The third-order valence-corrected chi connectivity index (χ3v) is 3.55. The molecule has 3 heterocycles. The Hall–Kier alpha value is -2.81. The maximum Gasteiger partial charge on any atom is 0.257 e. The largest absolute Gasteiger partial charge is 0.482 e. The molecule has 7 nitrogen and oxygen atoms in total. The number of nitrogens with one attached hydrogen (secondary N) is 1. The Morgan fingerprint density at radius 3 is 2.72 bits per heavy atom. The van der Waals surface area contributed by atoms with Crippen LogP contribution in [0.1, 0.15) is 16.8 Å². The predicted octanol–water partition coefficient (Wildman–Crippen LogP) is 2.18. The van der Waals surface area contributed by atoms with Crippen LogP contribution in [0.15, 0.2) is 24.7 Å². The molecule has 1 aliphatic rings. The summed E-state index contributed by atoms with van der Waals surface area (Å²) in [5, 5.41) is 2.16. The van der Waals surface area contributed by atoms with Crippen LogP contribution < -0.4 is 14.8 Å². The fourth-order valence-electron chi connectivity index (χ4n) is 2.30. The first kappa shape index (κ1) is 17.0. The lowest BCUT2D eigenvalue weighted by Gasteiger charge is -2.15. The average Bonchev–Trinajstić information content (AvgIpc) is 3.11. The van der Waals surface area contributed by atoms with E-state index in [9.17, 15) is 13.6 Å². The number of pyridine rings is 2. The number of methoxy groups -OCH3 is 1. The summed E-state index contributed by atoms with van der Waals surface area (Å²) >= 11 is 0. The van der Waals surface area contributed by atoms with Crippen LogP contribution in [-0.2, 0) is 4.74 Å². The molecule has 0 radical (unpaired) electrons. The molecule has 0 saturated carbocycles. The summed E-state index contributed by atoms with van der Waals surface area (Å²) < 4.78 is 43.3. The molecule has 132 valence electrons. The minimum Gasteiger partial charge on any atom is -0.482 e. The van der Waals surface area contributed by atoms with Gasteiger partial charge in [-0.05, 0) is 0 Å². The highest BCUT2D eigenvalue weighted by Crippen LogP contribution is 2.28. The molecule has 0 spiro atoms. The number of ether oxygens (including phenoxy) is 3. The van der Waals surface area contributed by atoms with Crippen molar-refractivity contribution >= 4 is 11.6 Å². The van der Waals surface area contributed by atoms with Gasteiger partial charge in [-0.25, -0.2) is 13.8 Å². The summed E-state index contributed by atoms with van der Waals surface area (Å²) in [4.78, 5) is 19.6. The van der Waals surface area contributed by atoms with Gasteiger partial charge in [0.2, 0.25) is 0 Å². The smallest absolute Gasteiger partial charge is 0.257 e. The molecule has 1 amide bonds. The zero-order valence-corrected chi connectivity index (χ0v) is 13.3. The van der Waals surface area contributed by atoms with Crippen molar-refractivity contribution in [1.29, 1.82) is 0 Å². The third kappa shape index (κ3) is 3.82.